The van der Waals surface area contributed by atoms with Crippen LogP contribution in [0.1, 0.15) is 65.5 Å². The number of carbonyl (C=O) groups excluding carboxylic acids is 3. The topological polar surface area (TPSA) is 114 Å². The Morgan fingerprint density at radius 2 is 1.30 bits per heavy atom. The van der Waals surface area contributed by atoms with Crippen molar-refractivity contribution in [3.8, 4) is 0 Å². The lowest BCUT2D eigenvalue weighted by Gasteiger charge is -2.24. The molecule has 0 bridgehead atoms. The van der Waals surface area contributed by atoms with Crippen LogP contribution in [0.3, 0.4) is 0 Å². The fourth-order valence-electron chi connectivity index (χ4n) is 3.25. The Balaban J connectivity index is 0.000000418. The summed E-state index contributed by atoms with van der Waals surface area (Å²) >= 11 is 5.58. The van der Waals surface area contributed by atoms with E-state index in [-0.39, 0.29) is 18.1 Å². The highest BCUT2D eigenvalue weighted by Gasteiger charge is 2.20. The van der Waals surface area contributed by atoms with Gasteiger partial charge in [0.1, 0.15) is 11.2 Å². The van der Waals surface area contributed by atoms with Gasteiger partial charge in [0.25, 0.3) is 0 Å². The van der Waals surface area contributed by atoms with E-state index in [1.807, 2.05) is 90.1 Å². The van der Waals surface area contributed by atoms with Gasteiger partial charge in [-0.15, -0.1) is 11.6 Å². The molecule has 0 unspecified atom stereocenters. The summed E-state index contributed by atoms with van der Waals surface area (Å²) in [6, 6.07) is 14.9. The van der Waals surface area contributed by atoms with Crippen molar-refractivity contribution in [1.29, 1.82) is 0 Å². The molecule has 0 saturated heterocycles. The summed E-state index contributed by atoms with van der Waals surface area (Å²) in [5, 5.41) is 2.83. The number of carbonyl (C=O) groups is 3. The zero-order chi connectivity index (χ0) is 30.5. The Morgan fingerprint density at radius 3 is 1.75 bits per heavy atom. The van der Waals surface area contributed by atoms with Crippen LogP contribution in [0, 0.1) is 0 Å². The Labute approximate surface area is 243 Å². The number of nitrogens with zero attached hydrogens (tertiary/aromatic N) is 2. The summed E-state index contributed by atoms with van der Waals surface area (Å²) in [5.41, 5.74) is 7.98. The molecule has 40 heavy (non-hydrogen) atoms. The van der Waals surface area contributed by atoms with E-state index in [4.69, 9.17) is 26.8 Å². The molecule has 0 spiro atoms. The molecule has 2 aromatic carbocycles. The summed E-state index contributed by atoms with van der Waals surface area (Å²) in [5.74, 6) is 0.400. The quantitative estimate of drug-likeness (QED) is 0.269. The summed E-state index contributed by atoms with van der Waals surface area (Å²) in [7, 11) is 3.39. The van der Waals surface area contributed by atoms with E-state index in [1.165, 1.54) is 9.80 Å². The standard InChI is InChI=1S/C17H25ClN2O3.C13H20N2O2/c1-17(2,3)23-16(22)20(4)12-13-7-5-8-14(11-13)19-15(21)9-6-10-18;1-13(2,3)17-12(16)15(4)9-10-6-5-7-11(14)8-10/h5,7-8,11H,6,9-10,12H2,1-4H3,(H,19,21);5-8H,9,14H2,1-4H3. The molecule has 0 aliphatic rings. The third-order valence-electron chi connectivity index (χ3n) is 4.95. The highest BCUT2D eigenvalue weighted by molar-refractivity contribution is 6.18. The van der Waals surface area contributed by atoms with E-state index in [0.717, 1.165) is 11.1 Å². The normalized spacial score (nSPS) is 11.0. The first-order valence-electron chi connectivity index (χ1n) is 13.2. The first-order valence-corrected chi connectivity index (χ1v) is 13.7. The van der Waals surface area contributed by atoms with Crippen molar-refractivity contribution in [3.05, 3.63) is 59.7 Å². The molecule has 0 aliphatic heterocycles. The number of alkyl halides is 1. The Hall–Kier alpha value is -3.46. The fraction of sp³-hybridized carbons (Fsp3) is 0.500. The van der Waals surface area contributed by atoms with Crippen LogP contribution >= 0.6 is 11.6 Å². The lowest BCUT2D eigenvalue weighted by molar-refractivity contribution is -0.116. The van der Waals surface area contributed by atoms with Crippen LogP contribution in [0.15, 0.2) is 48.5 Å². The van der Waals surface area contributed by atoms with Crippen LogP contribution in [-0.4, -0.2) is 59.1 Å². The smallest absolute Gasteiger partial charge is 0.410 e. The maximum absolute atomic E-state index is 12.0. The van der Waals surface area contributed by atoms with E-state index >= 15 is 0 Å². The van der Waals surface area contributed by atoms with Crippen molar-refractivity contribution < 1.29 is 23.9 Å². The van der Waals surface area contributed by atoms with Gasteiger partial charge < -0.3 is 30.3 Å². The average Bonchev–Trinajstić information content (AvgIpc) is 2.81. The van der Waals surface area contributed by atoms with Gasteiger partial charge in [0.15, 0.2) is 0 Å². The number of nitrogens with two attached hydrogens (primary N) is 1. The molecule has 2 rings (SSSR count). The van der Waals surface area contributed by atoms with Gasteiger partial charge >= 0.3 is 12.2 Å². The largest absolute Gasteiger partial charge is 0.444 e. The Kier molecular flexibility index (Phi) is 13.8. The molecule has 0 fully saturated rings. The molecule has 0 aromatic heterocycles. The second-order valence-corrected chi connectivity index (χ2v) is 11.8. The number of amides is 3. The SMILES string of the molecule is CN(Cc1cccc(N)c1)C(=O)OC(C)(C)C.CN(Cc1cccc(NC(=O)CCCCl)c1)C(=O)OC(C)(C)C. The molecule has 10 heteroatoms. The van der Waals surface area contributed by atoms with E-state index in [9.17, 15) is 14.4 Å². The number of benzene rings is 2. The van der Waals surface area contributed by atoms with E-state index in [1.54, 1.807) is 14.1 Å². The van der Waals surface area contributed by atoms with E-state index in [2.05, 4.69) is 5.32 Å². The van der Waals surface area contributed by atoms with E-state index < -0.39 is 11.2 Å². The zero-order valence-electron chi connectivity index (χ0n) is 25.0. The molecule has 0 atom stereocenters. The number of nitrogens with one attached hydrogen (secondary N) is 1. The number of ether oxygens (including phenoxy) is 2. The van der Waals surface area contributed by atoms with Crippen LogP contribution in [0.4, 0.5) is 21.0 Å². The second kappa shape index (κ2) is 16.0. The minimum absolute atomic E-state index is 0.0664. The predicted octanol–water partition coefficient (Wildman–Crippen LogP) is 6.65. The molecule has 0 radical (unpaired) electrons. The van der Waals surface area contributed by atoms with Crippen LogP contribution < -0.4 is 11.1 Å². The second-order valence-electron chi connectivity index (χ2n) is 11.5. The van der Waals surface area contributed by atoms with Gasteiger partial charge in [-0.3, -0.25) is 4.79 Å². The van der Waals surface area contributed by atoms with Crippen molar-refractivity contribution >= 4 is 41.1 Å². The number of anilines is 2. The van der Waals surface area contributed by atoms with Crippen molar-refractivity contribution in [2.24, 2.45) is 0 Å². The van der Waals surface area contributed by atoms with Crippen molar-refractivity contribution in [1.82, 2.24) is 9.80 Å². The molecule has 0 aliphatic carbocycles. The van der Waals surface area contributed by atoms with Crippen molar-refractivity contribution in [2.45, 2.75) is 78.7 Å². The highest BCUT2D eigenvalue weighted by atomic mass is 35.5. The van der Waals surface area contributed by atoms with Gasteiger partial charge in [-0.2, -0.15) is 0 Å². The molecule has 0 saturated carbocycles. The summed E-state index contributed by atoms with van der Waals surface area (Å²) < 4.78 is 10.6. The maximum Gasteiger partial charge on any atom is 0.410 e. The predicted molar refractivity (Wildman–Crippen MR) is 161 cm³/mol. The molecule has 2 aromatic rings. The lowest BCUT2D eigenvalue weighted by Crippen LogP contribution is -2.33. The fourth-order valence-corrected chi connectivity index (χ4v) is 3.38. The summed E-state index contributed by atoms with van der Waals surface area (Å²) in [6.07, 6.45) is 0.328. The Bertz CT molecular complexity index is 1110. The molecule has 222 valence electrons. The lowest BCUT2D eigenvalue weighted by atomic mass is 10.2. The molecule has 3 amide bonds. The summed E-state index contributed by atoms with van der Waals surface area (Å²) in [6.45, 7) is 11.9. The zero-order valence-corrected chi connectivity index (χ0v) is 25.8. The third-order valence-corrected chi connectivity index (χ3v) is 5.22. The monoisotopic (exact) mass is 576 g/mol. The Morgan fingerprint density at radius 1 is 0.825 bits per heavy atom. The molecular weight excluding hydrogens is 532 g/mol. The molecule has 3 N–H and O–H groups in total. The van der Waals surface area contributed by atoms with Crippen LogP contribution in [-0.2, 0) is 27.4 Å². The number of hydrogen-bond donors (Lipinski definition) is 2. The number of halogens is 1. The number of nitrogen functional groups attached to an aromatic ring is 1. The third kappa shape index (κ3) is 15.2. The van der Waals surface area contributed by atoms with Crippen LogP contribution in [0.25, 0.3) is 0 Å². The number of hydrogen-bond acceptors (Lipinski definition) is 6. The number of rotatable bonds is 8. The molecule has 9 nitrogen and oxygen atoms in total. The van der Waals surface area contributed by atoms with Gasteiger partial charge in [0, 0.05) is 50.9 Å². The van der Waals surface area contributed by atoms with Crippen LogP contribution in [0.2, 0.25) is 0 Å². The maximum atomic E-state index is 12.0. The van der Waals surface area contributed by atoms with Crippen molar-refractivity contribution in [3.63, 3.8) is 0 Å². The van der Waals surface area contributed by atoms with Gasteiger partial charge in [0.2, 0.25) is 5.91 Å². The van der Waals surface area contributed by atoms with Gasteiger partial charge in [-0.05, 0) is 83.4 Å². The van der Waals surface area contributed by atoms with E-state index in [0.29, 0.717) is 43.2 Å². The van der Waals surface area contributed by atoms with Gasteiger partial charge in [0.05, 0.1) is 0 Å². The minimum atomic E-state index is -0.524. The van der Waals surface area contributed by atoms with Crippen molar-refractivity contribution in [2.75, 3.05) is 31.0 Å². The minimum Gasteiger partial charge on any atom is -0.444 e. The molecular formula is C30H45ClN4O5. The molecule has 0 heterocycles. The van der Waals surface area contributed by atoms with Gasteiger partial charge in [-0.1, -0.05) is 24.3 Å². The highest BCUT2D eigenvalue weighted by Crippen LogP contribution is 2.16. The average molecular weight is 577 g/mol. The first-order chi connectivity index (χ1) is 18.5. The summed E-state index contributed by atoms with van der Waals surface area (Å²) in [4.78, 5) is 38.4. The van der Waals surface area contributed by atoms with Gasteiger partial charge in [-0.25, -0.2) is 9.59 Å². The van der Waals surface area contributed by atoms with Crippen LogP contribution in [0.5, 0.6) is 0 Å². The first kappa shape index (κ1) is 34.6.